The second kappa shape index (κ2) is 8.82. The zero-order valence-electron chi connectivity index (χ0n) is 15.5. The average Bonchev–Trinajstić information content (AvgIpc) is 2.70. The lowest BCUT2D eigenvalue weighted by Crippen LogP contribution is -2.14. The Hall–Kier alpha value is -2.61. The number of methoxy groups -OCH3 is 2. The van der Waals surface area contributed by atoms with Gasteiger partial charge in [-0.15, -0.1) is 0 Å². The predicted octanol–water partition coefficient (Wildman–Crippen LogP) is 5.60. The van der Waals surface area contributed by atoms with E-state index in [0.29, 0.717) is 16.5 Å². The Balaban J connectivity index is 2.01. The highest BCUT2D eigenvalue weighted by molar-refractivity contribution is 7.92. The molecule has 29 heavy (non-hydrogen) atoms. The van der Waals surface area contributed by atoms with Gasteiger partial charge in [0.2, 0.25) is 0 Å². The number of halogens is 2. The number of hydrogen-bond donors (Lipinski definition) is 1. The van der Waals surface area contributed by atoms with Crippen molar-refractivity contribution in [1.82, 2.24) is 0 Å². The van der Waals surface area contributed by atoms with E-state index in [4.69, 9.17) is 37.4 Å². The molecule has 0 atom stereocenters. The molecule has 0 amide bonds. The molecule has 0 fully saturated rings. The molecule has 0 aliphatic carbocycles. The number of ether oxygens (including phenoxy) is 3. The summed E-state index contributed by atoms with van der Waals surface area (Å²) in [5, 5.41) is 0.580. The van der Waals surface area contributed by atoms with Crippen LogP contribution >= 0.6 is 23.2 Å². The lowest BCUT2D eigenvalue weighted by Gasteiger charge is -2.16. The molecule has 3 aromatic rings. The van der Waals surface area contributed by atoms with Crippen LogP contribution in [0, 0.1) is 0 Å². The van der Waals surface area contributed by atoms with Crippen LogP contribution in [0.3, 0.4) is 0 Å². The quantitative estimate of drug-likeness (QED) is 0.503. The predicted molar refractivity (Wildman–Crippen MR) is 113 cm³/mol. The lowest BCUT2D eigenvalue weighted by molar-refractivity contribution is 0.379. The van der Waals surface area contributed by atoms with E-state index < -0.39 is 10.0 Å². The fraction of sp³-hybridized carbons (Fsp3) is 0.100. The van der Waals surface area contributed by atoms with Gasteiger partial charge in [-0.05, 0) is 48.5 Å². The summed E-state index contributed by atoms with van der Waals surface area (Å²) < 4.78 is 44.8. The van der Waals surface area contributed by atoms with Crippen molar-refractivity contribution in [2.24, 2.45) is 0 Å². The highest BCUT2D eigenvalue weighted by Gasteiger charge is 2.22. The maximum Gasteiger partial charge on any atom is 0.265 e. The minimum absolute atomic E-state index is 0.115. The molecule has 9 heteroatoms. The first kappa shape index (κ1) is 21.1. The molecular formula is C20H17Cl2NO5S. The summed E-state index contributed by atoms with van der Waals surface area (Å²) in [6, 6.07) is 15.9. The van der Waals surface area contributed by atoms with E-state index in [0.717, 1.165) is 0 Å². The van der Waals surface area contributed by atoms with Crippen molar-refractivity contribution in [1.29, 1.82) is 0 Å². The first-order valence-electron chi connectivity index (χ1n) is 8.31. The summed E-state index contributed by atoms with van der Waals surface area (Å²) in [6.45, 7) is 0. The van der Waals surface area contributed by atoms with Gasteiger partial charge in [0, 0.05) is 10.0 Å². The topological polar surface area (TPSA) is 73.9 Å². The van der Waals surface area contributed by atoms with Crippen molar-refractivity contribution in [3.05, 3.63) is 70.7 Å². The molecule has 6 nitrogen and oxygen atoms in total. The maximum atomic E-state index is 13.0. The molecule has 3 rings (SSSR count). The van der Waals surface area contributed by atoms with Gasteiger partial charge < -0.3 is 14.2 Å². The molecule has 0 aliphatic heterocycles. The SMILES string of the molecule is COc1ccccc1Oc1ccc(Cl)cc1NS(=O)(=O)c1cc(Cl)ccc1OC. The number of nitrogens with one attached hydrogen (secondary N) is 1. The van der Waals surface area contributed by atoms with Crippen LogP contribution in [0.4, 0.5) is 5.69 Å². The van der Waals surface area contributed by atoms with Gasteiger partial charge in [-0.2, -0.15) is 0 Å². The van der Waals surface area contributed by atoms with E-state index in [-0.39, 0.29) is 27.1 Å². The fourth-order valence-electron chi connectivity index (χ4n) is 2.55. The zero-order chi connectivity index (χ0) is 21.0. The second-order valence-electron chi connectivity index (χ2n) is 5.79. The van der Waals surface area contributed by atoms with Crippen molar-refractivity contribution in [2.45, 2.75) is 4.90 Å². The van der Waals surface area contributed by atoms with E-state index in [1.54, 1.807) is 36.4 Å². The van der Waals surface area contributed by atoms with E-state index in [2.05, 4.69) is 4.72 Å². The van der Waals surface area contributed by atoms with Gasteiger partial charge in [-0.3, -0.25) is 4.72 Å². The molecule has 152 valence electrons. The van der Waals surface area contributed by atoms with Crippen molar-refractivity contribution in [3.63, 3.8) is 0 Å². The van der Waals surface area contributed by atoms with Gasteiger partial charge in [-0.1, -0.05) is 35.3 Å². The highest BCUT2D eigenvalue weighted by Crippen LogP contribution is 2.38. The fourth-order valence-corrected chi connectivity index (χ4v) is 4.22. The van der Waals surface area contributed by atoms with Crippen LogP contribution in [-0.2, 0) is 10.0 Å². The number of hydrogen-bond acceptors (Lipinski definition) is 5. The lowest BCUT2D eigenvalue weighted by atomic mass is 10.3. The highest BCUT2D eigenvalue weighted by atomic mass is 35.5. The van der Waals surface area contributed by atoms with Crippen LogP contribution in [-0.4, -0.2) is 22.6 Å². The third-order valence-electron chi connectivity index (χ3n) is 3.89. The van der Waals surface area contributed by atoms with Gasteiger partial charge in [0.05, 0.1) is 19.9 Å². The van der Waals surface area contributed by atoms with Gasteiger partial charge in [0.15, 0.2) is 17.2 Å². The summed E-state index contributed by atoms with van der Waals surface area (Å²) in [5.74, 6) is 1.30. The molecule has 3 aromatic carbocycles. The molecule has 0 bridgehead atoms. The summed E-state index contributed by atoms with van der Waals surface area (Å²) in [4.78, 5) is -0.115. The third kappa shape index (κ3) is 4.87. The number of benzene rings is 3. The van der Waals surface area contributed by atoms with Crippen LogP contribution in [0.15, 0.2) is 65.6 Å². The molecule has 0 heterocycles. The number of sulfonamides is 1. The van der Waals surface area contributed by atoms with Crippen LogP contribution < -0.4 is 18.9 Å². The molecule has 1 N–H and O–H groups in total. The number of rotatable bonds is 7. The van der Waals surface area contributed by atoms with E-state index >= 15 is 0 Å². The molecule has 0 aromatic heterocycles. The molecular weight excluding hydrogens is 437 g/mol. The monoisotopic (exact) mass is 453 g/mol. The van der Waals surface area contributed by atoms with Crippen LogP contribution in [0.25, 0.3) is 0 Å². The van der Waals surface area contributed by atoms with Gasteiger partial charge in [0.1, 0.15) is 10.6 Å². The third-order valence-corrected chi connectivity index (χ3v) is 5.75. The Morgan fingerprint density at radius 2 is 1.34 bits per heavy atom. The van der Waals surface area contributed by atoms with Crippen molar-refractivity contribution in [2.75, 3.05) is 18.9 Å². The van der Waals surface area contributed by atoms with Crippen molar-refractivity contribution in [3.8, 4) is 23.0 Å². The standard InChI is InChI=1S/C20H17Cl2NO5S/c1-26-17-5-3-4-6-18(17)28-16-9-7-13(21)11-15(16)23-29(24,25)20-12-14(22)8-10-19(20)27-2/h3-12,23H,1-2H3. The Labute approximate surface area is 179 Å². The summed E-state index contributed by atoms with van der Waals surface area (Å²) in [6.07, 6.45) is 0. The van der Waals surface area contributed by atoms with Crippen LogP contribution in [0.5, 0.6) is 23.0 Å². The van der Waals surface area contributed by atoms with Gasteiger partial charge in [0.25, 0.3) is 10.0 Å². The molecule has 0 saturated heterocycles. The summed E-state index contributed by atoms with van der Waals surface area (Å²) >= 11 is 12.0. The Morgan fingerprint density at radius 3 is 2.00 bits per heavy atom. The van der Waals surface area contributed by atoms with Crippen molar-refractivity contribution < 1.29 is 22.6 Å². The number of anilines is 1. The molecule has 0 unspecified atom stereocenters. The Morgan fingerprint density at radius 1 is 0.759 bits per heavy atom. The first-order valence-corrected chi connectivity index (χ1v) is 10.5. The number of para-hydroxylation sites is 2. The minimum atomic E-state index is -4.06. The molecule has 0 aliphatic rings. The van der Waals surface area contributed by atoms with E-state index in [9.17, 15) is 8.42 Å². The minimum Gasteiger partial charge on any atom is -0.495 e. The second-order valence-corrected chi connectivity index (χ2v) is 8.32. The smallest absolute Gasteiger partial charge is 0.265 e. The molecule has 0 saturated carbocycles. The normalized spacial score (nSPS) is 11.0. The Bertz CT molecular complexity index is 1140. The zero-order valence-corrected chi connectivity index (χ0v) is 17.8. The molecule has 0 radical (unpaired) electrons. The maximum absolute atomic E-state index is 13.0. The van der Waals surface area contributed by atoms with Crippen LogP contribution in [0.2, 0.25) is 10.0 Å². The largest absolute Gasteiger partial charge is 0.495 e. The first-order chi connectivity index (χ1) is 13.8. The summed E-state index contributed by atoms with van der Waals surface area (Å²) in [5.41, 5.74) is 0.144. The van der Waals surface area contributed by atoms with E-state index in [1.165, 1.54) is 38.5 Å². The summed E-state index contributed by atoms with van der Waals surface area (Å²) in [7, 11) is -1.17. The van der Waals surface area contributed by atoms with E-state index in [1.807, 2.05) is 0 Å². The van der Waals surface area contributed by atoms with Gasteiger partial charge in [-0.25, -0.2) is 8.42 Å². The van der Waals surface area contributed by atoms with Gasteiger partial charge >= 0.3 is 0 Å². The van der Waals surface area contributed by atoms with Crippen molar-refractivity contribution >= 4 is 38.9 Å². The van der Waals surface area contributed by atoms with Crippen LogP contribution in [0.1, 0.15) is 0 Å². The molecule has 0 spiro atoms. The average molecular weight is 454 g/mol. The Kier molecular flexibility index (Phi) is 6.42.